The molecule has 1 aliphatic carbocycles. The van der Waals surface area contributed by atoms with Crippen molar-refractivity contribution >= 4 is 5.91 Å². The number of aryl methyl sites for hydroxylation is 2. The molecule has 0 radical (unpaired) electrons. The van der Waals surface area contributed by atoms with Crippen LogP contribution in [0.1, 0.15) is 51.0 Å². The average molecular weight is 380 g/mol. The molecule has 1 aromatic heterocycles. The third-order valence-electron chi connectivity index (χ3n) is 5.23. The number of rotatable bonds is 8. The fourth-order valence-corrected chi connectivity index (χ4v) is 3.46. The van der Waals surface area contributed by atoms with E-state index in [9.17, 15) is 9.59 Å². The molecule has 5 nitrogen and oxygen atoms in total. The number of nitrogens with one attached hydrogen (secondary N) is 1. The van der Waals surface area contributed by atoms with Gasteiger partial charge in [0.1, 0.15) is 0 Å². The molecule has 0 saturated carbocycles. The second-order valence-corrected chi connectivity index (χ2v) is 7.29. The van der Waals surface area contributed by atoms with Crippen molar-refractivity contribution in [1.82, 2.24) is 15.1 Å². The lowest BCUT2D eigenvalue weighted by Gasteiger charge is -2.13. The van der Waals surface area contributed by atoms with Crippen molar-refractivity contribution in [2.75, 3.05) is 6.54 Å². The number of carbonyl (C=O) groups is 1. The van der Waals surface area contributed by atoms with Crippen LogP contribution < -0.4 is 10.9 Å². The molecule has 0 atom stereocenters. The molecule has 28 heavy (non-hydrogen) atoms. The van der Waals surface area contributed by atoms with E-state index in [1.54, 1.807) is 6.07 Å². The number of hydrogen-bond acceptors (Lipinski definition) is 3. The molecule has 5 heteroatoms. The summed E-state index contributed by atoms with van der Waals surface area (Å²) < 4.78 is 1.38. The molecule has 3 rings (SSSR count). The van der Waals surface area contributed by atoms with E-state index in [0.717, 1.165) is 36.9 Å². The third kappa shape index (κ3) is 5.65. The Morgan fingerprint density at radius 2 is 1.96 bits per heavy atom. The van der Waals surface area contributed by atoms with E-state index in [4.69, 9.17) is 0 Å². The van der Waals surface area contributed by atoms with Gasteiger partial charge in [-0.1, -0.05) is 42.8 Å². The Balaban J connectivity index is 1.53. The quantitative estimate of drug-likeness (QED) is 0.708. The minimum atomic E-state index is -0.186. The van der Waals surface area contributed by atoms with Crippen LogP contribution >= 0.6 is 0 Å². The standard InChI is InChI=1S/C23H29N3O2/c1-2-18-8-10-20(11-9-18)21-12-13-23(28)26(25-21)17-15-22(27)24-16-14-19-6-4-3-5-7-19/h6,8-13H,2-5,7,14-17H2,1H3,(H,24,27). The summed E-state index contributed by atoms with van der Waals surface area (Å²) in [5, 5.41) is 7.39. The van der Waals surface area contributed by atoms with Crippen molar-refractivity contribution in [3.63, 3.8) is 0 Å². The van der Waals surface area contributed by atoms with Crippen LogP contribution in [-0.2, 0) is 17.8 Å². The molecule has 0 unspecified atom stereocenters. The first-order valence-electron chi connectivity index (χ1n) is 10.3. The molecule has 0 bridgehead atoms. The SMILES string of the molecule is CCc1ccc(-c2ccc(=O)n(CCC(=O)NCCC3=CCCCC3)n2)cc1. The first-order valence-corrected chi connectivity index (χ1v) is 10.3. The molecule has 1 aromatic carbocycles. The molecular formula is C23H29N3O2. The fraction of sp³-hybridized carbons (Fsp3) is 0.435. The zero-order valence-corrected chi connectivity index (χ0v) is 16.6. The van der Waals surface area contributed by atoms with Crippen molar-refractivity contribution in [3.05, 3.63) is 64.0 Å². The van der Waals surface area contributed by atoms with Gasteiger partial charge in [0.05, 0.1) is 12.2 Å². The lowest BCUT2D eigenvalue weighted by Crippen LogP contribution is -2.29. The number of aromatic nitrogens is 2. The number of amides is 1. The predicted octanol–water partition coefficient (Wildman–Crippen LogP) is 3.87. The van der Waals surface area contributed by atoms with Crippen molar-refractivity contribution in [2.45, 2.75) is 58.4 Å². The minimum Gasteiger partial charge on any atom is -0.356 e. The summed E-state index contributed by atoms with van der Waals surface area (Å²) in [5.74, 6) is -0.0391. The molecule has 1 heterocycles. The molecular weight excluding hydrogens is 350 g/mol. The normalized spacial score (nSPS) is 13.8. The van der Waals surface area contributed by atoms with Gasteiger partial charge in [-0.15, -0.1) is 0 Å². The van der Waals surface area contributed by atoms with E-state index in [1.807, 2.05) is 12.1 Å². The molecule has 0 aliphatic heterocycles. The Morgan fingerprint density at radius 3 is 2.68 bits per heavy atom. The number of carbonyl (C=O) groups excluding carboxylic acids is 1. The first-order chi connectivity index (χ1) is 13.7. The summed E-state index contributed by atoms with van der Waals surface area (Å²) in [4.78, 5) is 24.2. The average Bonchev–Trinajstić information content (AvgIpc) is 2.74. The molecule has 0 saturated heterocycles. The van der Waals surface area contributed by atoms with Crippen LogP contribution in [0, 0.1) is 0 Å². The van der Waals surface area contributed by atoms with Gasteiger partial charge >= 0.3 is 0 Å². The topological polar surface area (TPSA) is 64.0 Å². The Hall–Kier alpha value is -2.69. The van der Waals surface area contributed by atoms with E-state index in [0.29, 0.717) is 6.54 Å². The Bertz CT molecular complexity index is 881. The van der Waals surface area contributed by atoms with Crippen LogP contribution in [0.4, 0.5) is 0 Å². The molecule has 1 aliphatic rings. The van der Waals surface area contributed by atoms with Crippen molar-refractivity contribution < 1.29 is 4.79 Å². The summed E-state index contributed by atoms with van der Waals surface area (Å²) in [6, 6.07) is 11.4. The highest BCUT2D eigenvalue weighted by atomic mass is 16.2. The lowest BCUT2D eigenvalue weighted by atomic mass is 9.97. The largest absolute Gasteiger partial charge is 0.356 e. The summed E-state index contributed by atoms with van der Waals surface area (Å²) in [5.41, 5.74) is 4.24. The summed E-state index contributed by atoms with van der Waals surface area (Å²) in [6.07, 6.45) is 9.32. The van der Waals surface area contributed by atoms with E-state index < -0.39 is 0 Å². The van der Waals surface area contributed by atoms with Gasteiger partial charge in [0.25, 0.3) is 5.56 Å². The van der Waals surface area contributed by atoms with Crippen LogP contribution in [0.3, 0.4) is 0 Å². The molecule has 1 N–H and O–H groups in total. The van der Waals surface area contributed by atoms with Crippen molar-refractivity contribution in [2.24, 2.45) is 0 Å². The van der Waals surface area contributed by atoms with E-state index in [2.05, 4.69) is 35.5 Å². The molecule has 0 spiro atoms. The third-order valence-corrected chi connectivity index (χ3v) is 5.23. The van der Waals surface area contributed by atoms with Gasteiger partial charge in [-0.3, -0.25) is 9.59 Å². The number of benzene rings is 1. The second kappa shape index (κ2) is 10.0. The van der Waals surface area contributed by atoms with Crippen LogP contribution in [-0.4, -0.2) is 22.2 Å². The fourth-order valence-electron chi connectivity index (χ4n) is 3.46. The van der Waals surface area contributed by atoms with Crippen LogP contribution in [0.25, 0.3) is 11.3 Å². The minimum absolute atomic E-state index is 0.0391. The highest BCUT2D eigenvalue weighted by Crippen LogP contribution is 2.19. The monoisotopic (exact) mass is 379 g/mol. The highest BCUT2D eigenvalue weighted by molar-refractivity contribution is 5.75. The van der Waals surface area contributed by atoms with Gasteiger partial charge in [0.15, 0.2) is 0 Å². The maximum atomic E-state index is 12.1. The van der Waals surface area contributed by atoms with Gasteiger partial charge in [-0.05, 0) is 50.2 Å². The Labute approximate surface area is 166 Å². The molecule has 2 aromatic rings. The van der Waals surface area contributed by atoms with Gasteiger partial charge in [0.2, 0.25) is 5.91 Å². The smallest absolute Gasteiger partial charge is 0.266 e. The number of allylic oxidation sites excluding steroid dienone is 1. The van der Waals surface area contributed by atoms with Gasteiger partial charge < -0.3 is 5.32 Å². The van der Waals surface area contributed by atoms with Crippen LogP contribution in [0.2, 0.25) is 0 Å². The van der Waals surface area contributed by atoms with Gasteiger partial charge in [0, 0.05) is 24.6 Å². The Morgan fingerprint density at radius 1 is 1.14 bits per heavy atom. The van der Waals surface area contributed by atoms with E-state index in [-0.39, 0.29) is 24.4 Å². The zero-order chi connectivity index (χ0) is 19.8. The Kier molecular flexibility index (Phi) is 7.18. The number of nitrogens with zero attached hydrogens (tertiary/aromatic N) is 2. The summed E-state index contributed by atoms with van der Waals surface area (Å²) >= 11 is 0. The second-order valence-electron chi connectivity index (χ2n) is 7.29. The maximum Gasteiger partial charge on any atom is 0.266 e. The molecule has 1 amide bonds. The summed E-state index contributed by atoms with van der Waals surface area (Å²) in [7, 11) is 0. The van der Waals surface area contributed by atoms with Gasteiger partial charge in [-0.25, -0.2) is 4.68 Å². The molecule has 0 fully saturated rings. The van der Waals surface area contributed by atoms with E-state index >= 15 is 0 Å². The molecule has 148 valence electrons. The predicted molar refractivity (Wildman–Crippen MR) is 112 cm³/mol. The summed E-state index contributed by atoms with van der Waals surface area (Å²) in [6.45, 7) is 3.07. The maximum absolute atomic E-state index is 12.1. The van der Waals surface area contributed by atoms with E-state index in [1.165, 1.54) is 34.7 Å². The highest BCUT2D eigenvalue weighted by Gasteiger charge is 2.08. The number of hydrogen-bond donors (Lipinski definition) is 1. The van der Waals surface area contributed by atoms with Crippen LogP contribution in [0.5, 0.6) is 0 Å². The van der Waals surface area contributed by atoms with Gasteiger partial charge in [-0.2, -0.15) is 5.10 Å². The van der Waals surface area contributed by atoms with Crippen molar-refractivity contribution in [1.29, 1.82) is 0 Å². The first kappa shape index (κ1) is 20.1. The van der Waals surface area contributed by atoms with Crippen LogP contribution in [0.15, 0.2) is 52.8 Å². The zero-order valence-electron chi connectivity index (χ0n) is 16.6. The lowest BCUT2D eigenvalue weighted by molar-refractivity contribution is -0.121. The van der Waals surface area contributed by atoms with Crippen molar-refractivity contribution in [3.8, 4) is 11.3 Å².